The van der Waals surface area contributed by atoms with Gasteiger partial charge in [0.15, 0.2) is 0 Å². The van der Waals surface area contributed by atoms with E-state index < -0.39 is 0 Å². The minimum absolute atomic E-state index is 0.460. The maximum absolute atomic E-state index is 5.21. The van der Waals surface area contributed by atoms with Crippen LogP contribution in [0.15, 0.2) is 18.3 Å². The topological polar surface area (TPSA) is 46.6 Å². The molecular formula is C16H29N3O2. The second-order valence-corrected chi connectivity index (χ2v) is 5.37. The number of nitrogens with one attached hydrogen (secondary N) is 1. The molecule has 1 heterocycles. The van der Waals surface area contributed by atoms with Crippen molar-refractivity contribution in [1.82, 2.24) is 10.3 Å². The van der Waals surface area contributed by atoms with Gasteiger partial charge < -0.3 is 19.7 Å². The Morgan fingerprint density at radius 2 is 1.95 bits per heavy atom. The third-order valence-corrected chi connectivity index (χ3v) is 3.20. The van der Waals surface area contributed by atoms with E-state index in [0.717, 1.165) is 45.0 Å². The highest BCUT2D eigenvalue weighted by Gasteiger charge is 2.08. The van der Waals surface area contributed by atoms with Gasteiger partial charge in [0.1, 0.15) is 0 Å². The van der Waals surface area contributed by atoms with E-state index in [0.29, 0.717) is 6.04 Å². The maximum atomic E-state index is 5.21. The molecule has 5 heteroatoms. The summed E-state index contributed by atoms with van der Waals surface area (Å²) in [4.78, 5) is 6.75. The molecule has 0 atom stereocenters. The second-order valence-electron chi connectivity index (χ2n) is 5.37. The van der Waals surface area contributed by atoms with Crippen LogP contribution in [0, 0.1) is 0 Å². The van der Waals surface area contributed by atoms with E-state index in [4.69, 9.17) is 9.47 Å². The summed E-state index contributed by atoms with van der Waals surface area (Å²) in [5, 5.41) is 3.40. The lowest BCUT2D eigenvalue weighted by atomic mass is 10.2. The number of methoxy groups -OCH3 is 2. The van der Waals surface area contributed by atoms with E-state index in [2.05, 4.69) is 41.2 Å². The molecule has 5 nitrogen and oxygen atoms in total. The van der Waals surface area contributed by atoms with Crippen LogP contribution in [-0.4, -0.2) is 51.5 Å². The van der Waals surface area contributed by atoms with Crippen LogP contribution in [0.1, 0.15) is 26.0 Å². The Balaban J connectivity index is 2.68. The number of ether oxygens (including phenoxy) is 2. The molecule has 21 heavy (non-hydrogen) atoms. The number of anilines is 1. The first kappa shape index (κ1) is 17.9. The smallest absolute Gasteiger partial charge is 0.0637 e. The van der Waals surface area contributed by atoms with Gasteiger partial charge in [-0.05, 0) is 18.6 Å². The van der Waals surface area contributed by atoms with Crippen LogP contribution in [0.4, 0.5) is 5.69 Å². The Bertz CT molecular complexity index is 386. The van der Waals surface area contributed by atoms with Gasteiger partial charge in [0.05, 0.1) is 12.3 Å². The molecule has 0 aliphatic heterocycles. The van der Waals surface area contributed by atoms with Gasteiger partial charge in [0, 0.05) is 58.4 Å². The summed E-state index contributed by atoms with van der Waals surface area (Å²) in [5.74, 6) is 0. The van der Waals surface area contributed by atoms with Crippen LogP contribution in [0.3, 0.4) is 0 Å². The van der Waals surface area contributed by atoms with Crippen molar-refractivity contribution in [2.45, 2.75) is 32.9 Å². The molecule has 0 saturated carbocycles. The standard InChI is InChI=1S/C16H29N3O2/c1-14(2)18-13-15-12-16(6-7-17-15)19(9-11-21-4)8-5-10-20-3/h6-7,12,14,18H,5,8-11,13H2,1-4H3. The minimum Gasteiger partial charge on any atom is -0.385 e. The molecule has 0 aliphatic rings. The molecule has 0 aliphatic carbocycles. The van der Waals surface area contributed by atoms with Gasteiger partial charge >= 0.3 is 0 Å². The third kappa shape index (κ3) is 7.41. The zero-order valence-electron chi connectivity index (χ0n) is 13.8. The molecule has 1 aromatic heterocycles. The molecule has 0 radical (unpaired) electrons. The number of nitrogens with zero attached hydrogens (tertiary/aromatic N) is 2. The fourth-order valence-electron chi connectivity index (χ4n) is 2.04. The van der Waals surface area contributed by atoms with E-state index in [1.54, 1.807) is 14.2 Å². The largest absolute Gasteiger partial charge is 0.385 e. The van der Waals surface area contributed by atoms with E-state index in [1.165, 1.54) is 5.69 Å². The van der Waals surface area contributed by atoms with E-state index in [9.17, 15) is 0 Å². The monoisotopic (exact) mass is 295 g/mol. The second kappa shape index (κ2) is 10.5. The Morgan fingerprint density at radius 3 is 2.62 bits per heavy atom. The maximum Gasteiger partial charge on any atom is 0.0637 e. The lowest BCUT2D eigenvalue weighted by molar-refractivity contribution is 0.191. The van der Waals surface area contributed by atoms with Crippen molar-refractivity contribution >= 4 is 5.69 Å². The highest BCUT2D eigenvalue weighted by Crippen LogP contribution is 2.15. The van der Waals surface area contributed by atoms with E-state index in [1.807, 2.05) is 6.20 Å². The van der Waals surface area contributed by atoms with Crippen molar-refractivity contribution < 1.29 is 9.47 Å². The van der Waals surface area contributed by atoms with Gasteiger partial charge in [0.2, 0.25) is 0 Å². The number of hydrogen-bond donors (Lipinski definition) is 1. The normalized spacial score (nSPS) is 11.1. The molecule has 0 spiro atoms. The summed E-state index contributed by atoms with van der Waals surface area (Å²) in [7, 11) is 3.47. The summed E-state index contributed by atoms with van der Waals surface area (Å²) in [5.41, 5.74) is 2.26. The molecular weight excluding hydrogens is 266 g/mol. The number of pyridine rings is 1. The fourth-order valence-corrected chi connectivity index (χ4v) is 2.04. The highest BCUT2D eigenvalue weighted by atomic mass is 16.5. The predicted molar refractivity (Wildman–Crippen MR) is 86.8 cm³/mol. The summed E-state index contributed by atoms with van der Waals surface area (Å²) < 4.78 is 10.3. The van der Waals surface area contributed by atoms with E-state index >= 15 is 0 Å². The first-order valence-corrected chi connectivity index (χ1v) is 7.58. The SMILES string of the molecule is COCCCN(CCOC)c1ccnc(CNC(C)C)c1. The molecule has 0 fully saturated rings. The van der Waals surface area contributed by atoms with Crippen molar-refractivity contribution in [3.05, 3.63) is 24.0 Å². The van der Waals surface area contributed by atoms with Crippen LogP contribution >= 0.6 is 0 Å². The summed E-state index contributed by atoms with van der Waals surface area (Å²) in [6, 6.07) is 4.67. The quantitative estimate of drug-likeness (QED) is 0.633. The van der Waals surface area contributed by atoms with Gasteiger partial charge in [-0.25, -0.2) is 0 Å². The average molecular weight is 295 g/mol. The lowest BCUT2D eigenvalue weighted by Gasteiger charge is -2.25. The van der Waals surface area contributed by atoms with Gasteiger partial charge in [-0.3, -0.25) is 4.98 Å². The molecule has 0 bridgehead atoms. The number of rotatable bonds is 11. The number of hydrogen-bond acceptors (Lipinski definition) is 5. The Labute approximate surface area is 128 Å². The van der Waals surface area contributed by atoms with Crippen LogP contribution < -0.4 is 10.2 Å². The van der Waals surface area contributed by atoms with Gasteiger partial charge in [0.25, 0.3) is 0 Å². The van der Waals surface area contributed by atoms with E-state index in [-0.39, 0.29) is 0 Å². The third-order valence-electron chi connectivity index (χ3n) is 3.20. The summed E-state index contributed by atoms with van der Waals surface area (Å²) in [6.45, 7) is 8.39. The van der Waals surface area contributed by atoms with Gasteiger partial charge in [-0.15, -0.1) is 0 Å². The zero-order chi connectivity index (χ0) is 15.5. The minimum atomic E-state index is 0.460. The molecule has 0 saturated heterocycles. The lowest BCUT2D eigenvalue weighted by Crippen LogP contribution is -2.29. The van der Waals surface area contributed by atoms with Crippen LogP contribution in [0.2, 0.25) is 0 Å². The Hall–Kier alpha value is -1.17. The average Bonchev–Trinajstić information content (AvgIpc) is 2.49. The summed E-state index contributed by atoms with van der Waals surface area (Å²) in [6.07, 6.45) is 2.88. The van der Waals surface area contributed by atoms with Crippen molar-refractivity contribution in [1.29, 1.82) is 0 Å². The Kier molecular flexibility index (Phi) is 8.98. The molecule has 0 unspecified atom stereocenters. The first-order chi connectivity index (χ1) is 10.2. The first-order valence-electron chi connectivity index (χ1n) is 7.58. The highest BCUT2D eigenvalue weighted by molar-refractivity contribution is 5.46. The zero-order valence-corrected chi connectivity index (χ0v) is 13.8. The molecule has 0 amide bonds. The molecule has 120 valence electrons. The van der Waals surface area contributed by atoms with Crippen LogP contribution in [0.5, 0.6) is 0 Å². The van der Waals surface area contributed by atoms with Crippen molar-refractivity contribution in [3.8, 4) is 0 Å². The van der Waals surface area contributed by atoms with Crippen molar-refractivity contribution in [3.63, 3.8) is 0 Å². The van der Waals surface area contributed by atoms with Crippen LogP contribution in [0.25, 0.3) is 0 Å². The fraction of sp³-hybridized carbons (Fsp3) is 0.688. The predicted octanol–water partition coefficient (Wildman–Crippen LogP) is 2.07. The van der Waals surface area contributed by atoms with Crippen LogP contribution in [-0.2, 0) is 16.0 Å². The van der Waals surface area contributed by atoms with Crippen molar-refractivity contribution in [2.75, 3.05) is 45.4 Å². The summed E-state index contributed by atoms with van der Waals surface area (Å²) >= 11 is 0. The van der Waals surface area contributed by atoms with Crippen molar-refractivity contribution in [2.24, 2.45) is 0 Å². The molecule has 1 aromatic rings. The molecule has 1 rings (SSSR count). The van der Waals surface area contributed by atoms with Gasteiger partial charge in [-0.1, -0.05) is 13.8 Å². The Morgan fingerprint density at radius 1 is 1.19 bits per heavy atom. The molecule has 1 N–H and O–H groups in total. The molecule has 0 aromatic carbocycles. The van der Waals surface area contributed by atoms with Gasteiger partial charge in [-0.2, -0.15) is 0 Å². The number of aromatic nitrogens is 1.